The lowest BCUT2D eigenvalue weighted by Crippen LogP contribution is -2.46. The summed E-state index contributed by atoms with van der Waals surface area (Å²) in [6.07, 6.45) is -2.86. The quantitative estimate of drug-likeness (QED) is 0.189. The second-order valence-electron chi connectivity index (χ2n) is 11.4. The van der Waals surface area contributed by atoms with Crippen molar-refractivity contribution in [2.45, 2.75) is 39.0 Å². The summed E-state index contributed by atoms with van der Waals surface area (Å²) in [7, 11) is 1.37. The van der Waals surface area contributed by atoms with Gasteiger partial charge in [-0.2, -0.15) is 18.4 Å². The first kappa shape index (κ1) is 31.9. The lowest BCUT2D eigenvalue weighted by Gasteiger charge is -2.36. The van der Waals surface area contributed by atoms with E-state index in [0.29, 0.717) is 68.6 Å². The number of aromatic nitrogens is 6. The molecular weight excluding hydrogens is 609 g/mol. The van der Waals surface area contributed by atoms with Crippen molar-refractivity contribution in [1.82, 2.24) is 35.1 Å². The number of tetrazole rings is 1. The molecule has 2 aromatic heterocycles. The number of carbonyl (C=O) groups excluding carboxylic acids is 1. The maximum atomic E-state index is 13.3. The molecule has 0 saturated carbocycles. The minimum Gasteiger partial charge on any atom is -0.464 e. The summed E-state index contributed by atoms with van der Waals surface area (Å²) < 4.78 is 47.0. The largest absolute Gasteiger partial charge is 0.464 e. The van der Waals surface area contributed by atoms with E-state index in [1.807, 2.05) is 58.0 Å². The molecule has 1 aliphatic rings. The molecule has 0 atom stereocenters. The molecule has 3 aromatic carbocycles. The molecule has 10 nitrogen and oxygen atoms in total. The predicted molar refractivity (Wildman–Crippen MR) is 171 cm³/mol. The van der Waals surface area contributed by atoms with Crippen molar-refractivity contribution >= 4 is 11.7 Å². The fraction of sp³-hybridized carbons (Fsp3) is 0.324. The summed E-state index contributed by atoms with van der Waals surface area (Å²) >= 11 is 0. The zero-order valence-corrected chi connectivity index (χ0v) is 26.2. The lowest BCUT2D eigenvalue weighted by molar-refractivity contribution is -0.137. The lowest BCUT2D eigenvalue weighted by atomic mass is 9.98. The van der Waals surface area contributed by atoms with E-state index in [0.717, 1.165) is 40.6 Å². The van der Waals surface area contributed by atoms with Crippen LogP contribution in [0.15, 0.2) is 72.8 Å². The Morgan fingerprint density at radius 2 is 1.68 bits per heavy atom. The van der Waals surface area contributed by atoms with Crippen LogP contribution in [-0.2, 0) is 30.4 Å². The van der Waals surface area contributed by atoms with Crippen LogP contribution < -0.4 is 4.90 Å². The van der Waals surface area contributed by atoms with Gasteiger partial charge >= 0.3 is 12.1 Å². The molecule has 1 N–H and O–H groups in total. The highest BCUT2D eigenvalue weighted by Crippen LogP contribution is 2.33. The van der Waals surface area contributed by atoms with Gasteiger partial charge in [0.1, 0.15) is 5.82 Å². The molecule has 47 heavy (non-hydrogen) atoms. The number of aromatic amines is 1. The van der Waals surface area contributed by atoms with E-state index in [9.17, 15) is 18.0 Å². The number of H-pyrrole nitrogens is 1. The van der Waals surface area contributed by atoms with Crippen LogP contribution in [0.25, 0.3) is 22.5 Å². The summed E-state index contributed by atoms with van der Waals surface area (Å²) in [5, 5.41) is 14.5. The predicted octanol–water partition coefficient (Wildman–Crippen LogP) is 5.86. The Kier molecular flexibility index (Phi) is 9.34. The number of halogens is 3. The standard InChI is InChI=1S/C34H35F3N8O2/c1-3-7-30-38-29(22-43-16-18-44(19-17-43)26-9-6-8-25(20-26)34(35,36)37)31(33(46)47-2)45(30)21-23-12-14-24(15-13-23)27-10-4-5-11-28(27)32-39-41-42-40-32/h4-6,8-15,20H,3,7,16-19,21-22H2,1-2H3,(H,39,40,41,42). The Hall–Kier alpha value is -5.04. The number of anilines is 1. The van der Waals surface area contributed by atoms with Crippen molar-refractivity contribution < 1.29 is 22.7 Å². The van der Waals surface area contributed by atoms with Gasteiger partial charge in [0.25, 0.3) is 0 Å². The van der Waals surface area contributed by atoms with E-state index >= 15 is 0 Å². The molecule has 244 valence electrons. The number of rotatable bonds is 10. The van der Waals surface area contributed by atoms with Crippen LogP contribution in [0.2, 0.25) is 0 Å². The van der Waals surface area contributed by atoms with Crippen molar-refractivity contribution in [3.05, 3.63) is 101 Å². The number of ether oxygens (including phenoxy) is 1. The normalized spacial score (nSPS) is 14.0. The van der Waals surface area contributed by atoms with Crippen LogP contribution in [0, 0.1) is 0 Å². The Labute approximate surface area is 270 Å². The fourth-order valence-electron chi connectivity index (χ4n) is 6.01. The summed E-state index contributed by atoms with van der Waals surface area (Å²) in [5.41, 5.74) is 4.77. The van der Waals surface area contributed by atoms with Crippen LogP contribution in [0.3, 0.4) is 0 Å². The molecule has 0 spiro atoms. The van der Waals surface area contributed by atoms with Crippen LogP contribution in [-0.4, -0.2) is 74.3 Å². The second-order valence-corrected chi connectivity index (χ2v) is 11.4. The number of aryl methyl sites for hydroxylation is 1. The fourth-order valence-corrected chi connectivity index (χ4v) is 6.01. The van der Waals surface area contributed by atoms with Crippen LogP contribution in [0.1, 0.15) is 46.5 Å². The summed E-state index contributed by atoms with van der Waals surface area (Å²) in [6.45, 7) is 5.26. The topological polar surface area (TPSA) is 105 Å². The number of nitrogens with zero attached hydrogens (tertiary/aromatic N) is 7. The first-order valence-electron chi connectivity index (χ1n) is 15.5. The Balaban J connectivity index is 1.21. The molecule has 0 bridgehead atoms. The molecule has 0 radical (unpaired) electrons. The number of nitrogens with one attached hydrogen (secondary N) is 1. The molecule has 3 heterocycles. The molecule has 0 aliphatic carbocycles. The molecule has 1 saturated heterocycles. The Bertz CT molecular complexity index is 1810. The monoisotopic (exact) mass is 644 g/mol. The highest BCUT2D eigenvalue weighted by Gasteiger charge is 2.31. The van der Waals surface area contributed by atoms with Gasteiger partial charge < -0.3 is 14.2 Å². The minimum absolute atomic E-state index is 0.419. The first-order valence-corrected chi connectivity index (χ1v) is 15.5. The van der Waals surface area contributed by atoms with Crippen molar-refractivity contribution in [3.63, 3.8) is 0 Å². The molecule has 5 aromatic rings. The van der Waals surface area contributed by atoms with Crippen molar-refractivity contribution in [2.24, 2.45) is 0 Å². The smallest absolute Gasteiger partial charge is 0.416 e. The number of piperazine rings is 1. The van der Waals surface area contributed by atoms with Gasteiger partial charge in [-0.3, -0.25) is 4.90 Å². The van der Waals surface area contributed by atoms with Crippen LogP contribution >= 0.6 is 0 Å². The minimum atomic E-state index is -4.39. The number of hydrogen-bond donors (Lipinski definition) is 1. The maximum absolute atomic E-state index is 13.3. The van der Waals surface area contributed by atoms with Gasteiger partial charge in [0.15, 0.2) is 5.69 Å². The second kappa shape index (κ2) is 13.8. The summed E-state index contributed by atoms with van der Waals surface area (Å²) in [5.74, 6) is 0.861. The van der Waals surface area contributed by atoms with Crippen molar-refractivity contribution in [2.75, 3.05) is 38.2 Å². The SMILES string of the molecule is CCCc1nc(CN2CCN(c3cccc(C(F)(F)F)c3)CC2)c(C(=O)OC)n1Cc1ccc(-c2ccccc2-c2nn[nH]n2)cc1. The van der Waals surface area contributed by atoms with E-state index < -0.39 is 17.7 Å². The number of methoxy groups -OCH3 is 1. The molecule has 6 rings (SSSR count). The molecular formula is C34H35F3N8O2. The zero-order valence-electron chi connectivity index (χ0n) is 26.2. The molecule has 0 unspecified atom stereocenters. The zero-order chi connectivity index (χ0) is 33.0. The maximum Gasteiger partial charge on any atom is 0.416 e. The van der Waals surface area contributed by atoms with Crippen molar-refractivity contribution in [3.8, 4) is 22.5 Å². The third-order valence-corrected chi connectivity index (χ3v) is 8.37. The van der Waals surface area contributed by atoms with E-state index in [1.54, 1.807) is 6.07 Å². The molecule has 1 aliphatic heterocycles. The molecule has 0 amide bonds. The third kappa shape index (κ3) is 7.04. The summed E-state index contributed by atoms with van der Waals surface area (Å²) in [4.78, 5) is 22.3. The average molecular weight is 645 g/mol. The first-order chi connectivity index (χ1) is 22.7. The van der Waals surface area contributed by atoms with E-state index in [2.05, 4.69) is 32.4 Å². The van der Waals surface area contributed by atoms with E-state index in [4.69, 9.17) is 9.72 Å². The van der Waals surface area contributed by atoms with E-state index in [1.165, 1.54) is 19.2 Å². The van der Waals surface area contributed by atoms with Gasteiger partial charge in [-0.05, 0) is 46.5 Å². The van der Waals surface area contributed by atoms with Gasteiger partial charge in [0, 0.05) is 56.9 Å². The number of carbonyl (C=O) groups is 1. The van der Waals surface area contributed by atoms with E-state index in [-0.39, 0.29) is 0 Å². The van der Waals surface area contributed by atoms with Crippen LogP contribution in [0.4, 0.5) is 18.9 Å². The van der Waals surface area contributed by atoms with Crippen molar-refractivity contribution in [1.29, 1.82) is 0 Å². The van der Waals surface area contributed by atoms with Gasteiger partial charge in [0.05, 0.1) is 18.4 Å². The Morgan fingerprint density at radius 1 is 0.936 bits per heavy atom. The molecule has 1 fully saturated rings. The third-order valence-electron chi connectivity index (χ3n) is 8.37. The van der Waals surface area contributed by atoms with Gasteiger partial charge in [-0.15, -0.1) is 10.2 Å². The number of benzene rings is 3. The number of hydrogen-bond acceptors (Lipinski definition) is 8. The highest BCUT2D eigenvalue weighted by atomic mass is 19.4. The number of alkyl halides is 3. The van der Waals surface area contributed by atoms with Gasteiger partial charge in [-0.25, -0.2) is 9.78 Å². The summed E-state index contributed by atoms with van der Waals surface area (Å²) in [6, 6.07) is 21.4. The van der Waals surface area contributed by atoms with Crippen LogP contribution in [0.5, 0.6) is 0 Å². The Morgan fingerprint density at radius 3 is 2.34 bits per heavy atom. The average Bonchev–Trinajstić information content (AvgIpc) is 3.74. The number of imidazole rings is 1. The number of esters is 1. The van der Waals surface area contributed by atoms with Gasteiger partial charge in [0.2, 0.25) is 5.82 Å². The molecule has 13 heteroatoms. The highest BCUT2D eigenvalue weighted by molar-refractivity contribution is 5.89. The van der Waals surface area contributed by atoms with Gasteiger partial charge in [-0.1, -0.05) is 61.5 Å².